The highest BCUT2D eigenvalue weighted by atomic mass is 16.3. The van der Waals surface area contributed by atoms with Gasteiger partial charge in [-0.05, 0) is 53.1 Å². The first kappa shape index (κ1) is 25.3. The number of hydrogen-bond donors (Lipinski definition) is 0. The van der Waals surface area contributed by atoms with Crippen molar-refractivity contribution in [3.05, 3.63) is 152 Å². The van der Waals surface area contributed by atoms with Gasteiger partial charge >= 0.3 is 0 Å². The van der Waals surface area contributed by atoms with Gasteiger partial charge in [0, 0.05) is 21.7 Å². The van der Waals surface area contributed by atoms with Gasteiger partial charge in [-0.1, -0.05) is 109 Å². The first-order chi connectivity index (χ1) is 22.3. The third-order valence-electron chi connectivity index (χ3n) is 8.39. The summed E-state index contributed by atoms with van der Waals surface area (Å²) in [5.41, 5.74) is 9.19. The molecule has 5 nitrogen and oxygen atoms in total. The average molecular weight is 580 g/mol. The zero-order valence-electron chi connectivity index (χ0n) is 24.1. The Kier molecular flexibility index (Phi) is 5.74. The minimum atomic E-state index is 0.589. The van der Waals surface area contributed by atoms with E-state index in [0.717, 1.165) is 61.0 Å². The van der Waals surface area contributed by atoms with E-state index in [1.54, 1.807) is 0 Å². The predicted octanol–water partition coefficient (Wildman–Crippen LogP) is 11.1. The number of furan rings is 2. The molecular formula is C40H25N3O2. The van der Waals surface area contributed by atoms with Crippen LogP contribution < -0.4 is 4.90 Å². The van der Waals surface area contributed by atoms with E-state index in [0.29, 0.717) is 11.4 Å². The topological polar surface area (TPSA) is 55.3 Å². The van der Waals surface area contributed by atoms with Crippen LogP contribution in [0.1, 0.15) is 0 Å². The third kappa shape index (κ3) is 4.25. The Labute approximate surface area is 258 Å². The van der Waals surface area contributed by atoms with Crippen molar-refractivity contribution in [3.8, 4) is 22.3 Å². The zero-order valence-corrected chi connectivity index (χ0v) is 24.1. The normalized spacial score (nSPS) is 11.6. The molecule has 9 rings (SSSR count). The van der Waals surface area contributed by atoms with Crippen molar-refractivity contribution in [1.29, 1.82) is 0 Å². The molecule has 0 unspecified atom stereocenters. The van der Waals surface area contributed by atoms with Crippen LogP contribution in [0.4, 0.5) is 17.2 Å². The SMILES string of the molecule is c1ccc(-c2ccc(-c3ccccc3N(c3cnc4oc5ccccc5c4c3)c3ccc4c(n3)oc3ccccc34)cc2)cc1. The summed E-state index contributed by atoms with van der Waals surface area (Å²) in [6, 6.07) is 49.9. The second-order valence-corrected chi connectivity index (χ2v) is 11.1. The van der Waals surface area contributed by atoms with Gasteiger partial charge in [0.05, 0.1) is 23.0 Å². The summed E-state index contributed by atoms with van der Waals surface area (Å²) in [6.45, 7) is 0. The number of pyridine rings is 2. The molecule has 9 aromatic rings. The summed E-state index contributed by atoms with van der Waals surface area (Å²) in [5.74, 6) is 0.726. The van der Waals surface area contributed by atoms with Crippen LogP contribution >= 0.6 is 0 Å². The van der Waals surface area contributed by atoms with Gasteiger partial charge in [-0.25, -0.2) is 4.98 Å². The van der Waals surface area contributed by atoms with E-state index in [9.17, 15) is 0 Å². The smallest absolute Gasteiger partial charge is 0.229 e. The summed E-state index contributed by atoms with van der Waals surface area (Å²) in [6.07, 6.45) is 1.85. The van der Waals surface area contributed by atoms with Crippen molar-refractivity contribution < 1.29 is 8.83 Å². The Hall–Kier alpha value is -6.20. The standard InChI is InChI=1S/C40H25N3O2/c1-2-10-26(11-3-1)27-18-20-28(21-19-27)30-12-4-7-15-35(30)43(29-24-34-32-14-6-9-17-37(32)44-39(34)41-25-29)38-23-22-33-31-13-5-8-16-36(31)45-40(33)42-38/h1-25H. The molecular weight excluding hydrogens is 554 g/mol. The molecule has 0 radical (unpaired) electrons. The van der Waals surface area contributed by atoms with Gasteiger partial charge in [-0.2, -0.15) is 4.98 Å². The van der Waals surface area contributed by atoms with Crippen LogP contribution in [0.3, 0.4) is 0 Å². The van der Waals surface area contributed by atoms with Crippen LogP contribution in [0, 0.1) is 0 Å². The first-order valence-electron chi connectivity index (χ1n) is 14.9. The van der Waals surface area contributed by atoms with E-state index in [4.69, 9.17) is 18.8 Å². The summed E-state index contributed by atoms with van der Waals surface area (Å²) < 4.78 is 12.3. The van der Waals surface area contributed by atoms with E-state index in [1.807, 2.05) is 48.7 Å². The molecule has 5 heteroatoms. The average Bonchev–Trinajstić information content (AvgIpc) is 3.67. The van der Waals surface area contributed by atoms with E-state index >= 15 is 0 Å². The van der Waals surface area contributed by atoms with Crippen LogP contribution in [-0.4, -0.2) is 9.97 Å². The Balaban J connectivity index is 1.25. The fourth-order valence-corrected chi connectivity index (χ4v) is 6.22. The van der Waals surface area contributed by atoms with Crippen molar-refractivity contribution in [2.45, 2.75) is 0 Å². The highest BCUT2D eigenvalue weighted by molar-refractivity contribution is 6.06. The van der Waals surface area contributed by atoms with Crippen LogP contribution in [0.25, 0.3) is 66.4 Å². The van der Waals surface area contributed by atoms with Crippen molar-refractivity contribution in [2.75, 3.05) is 4.90 Å². The molecule has 0 aliphatic carbocycles. The van der Waals surface area contributed by atoms with Gasteiger partial charge in [-0.15, -0.1) is 0 Å². The summed E-state index contributed by atoms with van der Waals surface area (Å²) in [5, 5.41) is 3.99. The Bertz CT molecular complexity index is 2490. The number of aromatic nitrogens is 2. The second kappa shape index (κ2) is 10.2. The van der Waals surface area contributed by atoms with Crippen molar-refractivity contribution in [1.82, 2.24) is 9.97 Å². The lowest BCUT2D eigenvalue weighted by atomic mass is 9.98. The van der Waals surface area contributed by atoms with Gasteiger partial charge in [-0.3, -0.25) is 4.90 Å². The maximum absolute atomic E-state index is 6.23. The first-order valence-corrected chi connectivity index (χ1v) is 14.9. The Morgan fingerprint density at radius 2 is 1.09 bits per heavy atom. The van der Waals surface area contributed by atoms with Gasteiger partial charge in [0.1, 0.15) is 17.0 Å². The number of hydrogen-bond acceptors (Lipinski definition) is 5. The number of benzene rings is 5. The molecule has 45 heavy (non-hydrogen) atoms. The van der Waals surface area contributed by atoms with Crippen LogP contribution in [0.5, 0.6) is 0 Å². The third-order valence-corrected chi connectivity index (χ3v) is 8.39. The Morgan fingerprint density at radius 1 is 0.467 bits per heavy atom. The predicted molar refractivity (Wildman–Crippen MR) is 182 cm³/mol. The fraction of sp³-hybridized carbons (Fsp3) is 0. The molecule has 4 aromatic heterocycles. The van der Waals surface area contributed by atoms with E-state index in [2.05, 4.69) is 108 Å². The zero-order chi connectivity index (χ0) is 29.7. The molecule has 0 fully saturated rings. The Morgan fingerprint density at radius 3 is 1.89 bits per heavy atom. The van der Waals surface area contributed by atoms with Gasteiger partial charge in [0.25, 0.3) is 0 Å². The van der Waals surface area contributed by atoms with E-state index in [-0.39, 0.29) is 0 Å². The van der Waals surface area contributed by atoms with Gasteiger partial charge in [0.15, 0.2) is 0 Å². The van der Waals surface area contributed by atoms with Crippen LogP contribution in [0.15, 0.2) is 161 Å². The minimum absolute atomic E-state index is 0.589. The number of nitrogens with zero attached hydrogens (tertiary/aromatic N) is 3. The van der Waals surface area contributed by atoms with Gasteiger partial charge in [0.2, 0.25) is 11.4 Å². The fourth-order valence-electron chi connectivity index (χ4n) is 6.22. The van der Waals surface area contributed by atoms with Crippen molar-refractivity contribution >= 4 is 61.3 Å². The molecule has 5 aromatic carbocycles. The largest absolute Gasteiger partial charge is 0.438 e. The minimum Gasteiger partial charge on any atom is -0.438 e. The molecule has 0 saturated heterocycles. The molecule has 0 spiro atoms. The van der Waals surface area contributed by atoms with Crippen LogP contribution in [0.2, 0.25) is 0 Å². The highest BCUT2D eigenvalue weighted by Crippen LogP contribution is 2.42. The van der Waals surface area contributed by atoms with Crippen LogP contribution in [-0.2, 0) is 0 Å². The summed E-state index contributed by atoms with van der Waals surface area (Å²) in [7, 11) is 0. The molecule has 0 bridgehead atoms. The van der Waals surface area contributed by atoms with E-state index < -0.39 is 0 Å². The molecule has 0 N–H and O–H groups in total. The maximum atomic E-state index is 6.23. The quantitative estimate of drug-likeness (QED) is 0.203. The maximum Gasteiger partial charge on any atom is 0.229 e. The molecule has 0 aliphatic heterocycles. The van der Waals surface area contributed by atoms with Crippen molar-refractivity contribution in [3.63, 3.8) is 0 Å². The lowest BCUT2D eigenvalue weighted by molar-refractivity contribution is 0.653. The molecule has 4 heterocycles. The van der Waals surface area contributed by atoms with E-state index in [1.165, 1.54) is 11.1 Å². The number of fused-ring (bicyclic) bond motifs is 6. The molecule has 0 aliphatic rings. The highest BCUT2D eigenvalue weighted by Gasteiger charge is 2.21. The van der Waals surface area contributed by atoms with Gasteiger partial charge < -0.3 is 8.83 Å². The molecule has 0 atom stereocenters. The monoisotopic (exact) mass is 579 g/mol. The lowest BCUT2D eigenvalue weighted by Gasteiger charge is -2.26. The number of rotatable bonds is 5. The molecule has 0 amide bonds. The lowest BCUT2D eigenvalue weighted by Crippen LogP contribution is -2.13. The molecule has 212 valence electrons. The van der Waals surface area contributed by atoms with Crippen molar-refractivity contribution in [2.24, 2.45) is 0 Å². The number of anilines is 3. The summed E-state index contributed by atoms with van der Waals surface area (Å²) in [4.78, 5) is 12.0. The summed E-state index contributed by atoms with van der Waals surface area (Å²) >= 11 is 0. The second-order valence-electron chi connectivity index (χ2n) is 11.1. The number of para-hydroxylation sites is 3. The molecule has 0 saturated carbocycles.